The molecule has 1 saturated heterocycles. The van der Waals surface area contributed by atoms with Gasteiger partial charge in [0, 0.05) is 49.6 Å². The van der Waals surface area contributed by atoms with E-state index in [1.54, 1.807) is 12.1 Å². The van der Waals surface area contributed by atoms with Crippen LogP contribution in [0.2, 0.25) is 5.02 Å². The van der Waals surface area contributed by atoms with Gasteiger partial charge < -0.3 is 14.5 Å². The Kier molecular flexibility index (Phi) is 7.62. The highest BCUT2D eigenvalue weighted by atomic mass is 35.5. The Morgan fingerprint density at radius 2 is 2.05 bits per heavy atom. The molecule has 8 nitrogen and oxygen atoms in total. The Balaban J connectivity index is 1.51. The van der Waals surface area contributed by atoms with Crippen LogP contribution in [0.4, 0.5) is 8.78 Å². The van der Waals surface area contributed by atoms with E-state index in [-0.39, 0.29) is 41.6 Å². The van der Waals surface area contributed by atoms with Gasteiger partial charge in [-0.1, -0.05) is 37.1 Å². The third kappa shape index (κ3) is 4.99. The number of nitrogens with zero attached hydrogens (tertiary/aromatic N) is 5. The lowest BCUT2D eigenvalue weighted by Crippen LogP contribution is -2.48. The van der Waals surface area contributed by atoms with Crippen LogP contribution in [-0.2, 0) is 29.7 Å². The molecule has 0 unspecified atom stereocenters. The second-order valence-corrected chi connectivity index (χ2v) is 11.4. The van der Waals surface area contributed by atoms with Gasteiger partial charge in [-0.2, -0.15) is 0 Å². The van der Waals surface area contributed by atoms with Gasteiger partial charge in [0.15, 0.2) is 0 Å². The summed E-state index contributed by atoms with van der Waals surface area (Å²) < 4.78 is 34.4. The fourth-order valence-corrected chi connectivity index (χ4v) is 6.62. The van der Waals surface area contributed by atoms with Crippen molar-refractivity contribution in [2.24, 2.45) is 24.8 Å². The molecule has 3 aliphatic rings. The van der Waals surface area contributed by atoms with Gasteiger partial charge >= 0.3 is 0 Å². The number of aromatic nitrogens is 3. The number of aryl methyl sites for hydroxylation is 1. The van der Waals surface area contributed by atoms with Crippen molar-refractivity contribution in [2.45, 2.75) is 65.0 Å². The number of fused-ring (bicyclic) bond motifs is 1. The van der Waals surface area contributed by atoms with E-state index < -0.39 is 12.5 Å². The minimum atomic E-state index is -2.75. The molecule has 0 bridgehead atoms. The Labute approximate surface area is 226 Å². The van der Waals surface area contributed by atoms with Crippen molar-refractivity contribution in [1.29, 1.82) is 0 Å². The number of alkyl halides is 2. The van der Waals surface area contributed by atoms with Gasteiger partial charge in [-0.3, -0.25) is 9.59 Å². The predicted octanol–water partition coefficient (Wildman–Crippen LogP) is 4.72. The Morgan fingerprint density at radius 3 is 2.71 bits per heavy atom. The van der Waals surface area contributed by atoms with Gasteiger partial charge in [0.1, 0.15) is 23.7 Å². The van der Waals surface area contributed by atoms with Crippen LogP contribution >= 0.6 is 11.6 Å². The lowest BCUT2D eigenvalue weighted by Gasteiger charge is -2.42. The Morgan fingerprint density at radius 1 is 1.26 bits per heavy atom. The maximum Gasteiger partial charge on any atom is 0.282 e. The summed E-state index contributed by atoms with van der Waals surface area (Å²) in [6.45, 7) is 5.43. The first kappa shape index (κ1) is 26.8. The summed E-state index contributed by atoms with van der Waals surface area (Å²) >= 11 is 6.65. The smallest absolute Gasteiger partial charge is 0.282 e. The van der Waals surface area contributed by atoms with E-state index in [4.69, 9.17) is 16.3 Å². The van der Waals surface area contributed by atoms with E-state index >= 15 is 0 Å². The van der Waals surface area contributed by atoms with E-state index in [0.29, 0.717) is 49.2 Å². The zero-order valence-corrected chi connectivity index (χ0v) is 22.8. The Bertz CT molecular complexity index is 1220. The molecule has 0 spiro atoms. The minimum Gasteiger partial charge on any atom is -0.487 e. The molecule has 2 aliphatic heterocycles. The van der Waals surface area contributed by atoms with Crippen LogP contribution in [0.3, 0.4) is 0 Å². The van der Waals surface area contributed by atoms with Crippen LogP contribution in [0, 0.1) is 17.8 Å². The molecule has 0 N–H and O–H groups in total. The lowest BCUT2D eigenvalue weighted by atomic mass is 9.88. The lowest BCUT2D eigenvalue weighted by molar-refractivity contribution is -0.141. The fraction of sp³-hybridized carbons (Fsp3) is 0.630. The maximum atomic E-state index is 13.9. The average molecular weight is 550 g/mol. The molecule has 1 aromatic carbocycles. The molecule has 2 fully saturated rings. The molecule has 1 saturated carbocycles. The number of carbonyl (C=O) groups is 2. The number of likely N-dealkylation sites (tertiary alicyclic amines) is 1. The summed E-state index contributed by atoms with van der Waals surface area (Å²) in [5, 5.41) is 8.16. The zero-order chi connectivity index (χ0) is 27.1. The van der Waals surface area contributed by atoms with E-state index in [2.05, 4.69) is 17.2 Å². The summed E-state index contributed by atoms with van der Waals surface area (Å²) in [6, 6.07) is 3.00. The first-order chi connectivity index (χ1) is 18.2. The number of benzene rings is 1. The van der Waals surface area contributed by atoms with Crippen molar-refractivity contribution in [2.75, 3.05) is 19.6 Å². The number of hydrogen-bond donors (Lipinski definition) is 0. The second kappa shape index (κ2) is 10.8. The monoisotopic (exact) mass is 549 g/mol. The molecule has 5 rings (SSSR count). The number of ether oxygens (including phenoxy) is 1. The van der Waals surface area contributed by atoms with Gasteiger partial charge in [0.05, 0.1) is 6.04 Å². The summed E-state index contributed by atoms with van der Waals surface area (Å²) in [5.41, 5.74) is 1.37. The summed E-state index contributed by atoms with van der Waals surface area (Å²) in [5.74, 6) is 1.12. The number of hydrogen-bond acceptors (Lipinski definition) is 5. The topological polar surface area (TPSA) is 80.6 Å². The predicted molar refractivity (Wildman–Crippen MR) is 137 cm³/mol. The quantitative estimate of drug-likeness (QED) is 0.499. The Hall–Kier alpha value is -2.75. The van der Waals surface area contributed by atoms with Gasteiger partial charge in [0.25, 0.3) is 6.43 Å². The van der Waals surface area contributed by atoms with Crippen LogP contribution in [0.5, 0.6) is 5.75 Å². The van der Waals surface area contributed by atoms with E-state index in [1.807, 2.05) is 16.7 Å². The first-order valence-corrected chi connectivity index (χ1v) is 13.7. The number of amides is 2. The van der Waals surface area contributed by atoms with Crippen molar-refractivity contribution in [1.82, 2.24) is 24.8 Å². The maximum absolute atomic E-state index is 13.9. The third-order valence-corrected chi connectivity index (χ3v) is 8.70. The molecule has 38 heavy (non-hydrogen) atoms. The van der Waals surface area contributed by atoms with Crippen molar-refractivity contribution >= 4 is 23.4 Å². The van der Waals surface area contributed by atoms with Crippen LogP contribution < -0.4 is 4.74 Å². The summed E-state index contributed by atoms with van der Waals surface area (Å²) in [7, 11) is 1.42. The SMILES string of the molecule is C[C@H]1CC(=O)N(C[C@@H]2c3c(OCc4nnn(C)c4C(F)F)ccc(Cl)c3CCN2C(=O)[C@@H]2CCC[C@@H]2C)C1. The molecule has 2 amide bonds. The minimum absolute atomic E-state index is 0.0508. The van der Waals surface area contributed by atoms with Gasteiger partial charge in [0.2, 0.25) is 11.8 Å². The average Bonchev–Trinajstić information content (AvgIpc) is 3.56. The molecule has 11 heteroatoms. The van der Waals surface area contributed by atoms with Crippen molar-refractivity contribution in [3.05, 3.63) is 39.7 Å². The fourth-order valence-electron chi connectivity index (χ4n) is 6.36. The molecule has 4 atom stereocenters. The first-order valence-electron chi connectivity index (χ1n) is 13.3. The molecule has 1 aromatic heterocycles. The number of halogens is 3. The van der Waals surface area contributed by atoms with Crippen LogP contribution in [0.1, 0.15) is 74.5 Å². The zero-order valence-electron chi connectivity index (χ0n) is 22.0. The van der Waals surface area contributed by atoms with E-state index in [1.165, 1.54) is 7.05 Å². The van der Waals surface area contributed by atoms with Crippen molar-refractivity contribution in [3.8, 4) is 5.75 Å². The molecule has 1 aliphatic carbocycles. The molecule has 0 radical (unpaired) electrons. The highest BCUT2D eigenvalue weighted by molar-refractivity contribution is 6.31. The molecule has 206 valence electrons. The second-order valence-electron chi connectivity index (χ2n) is 11.0. The molecule has 2 aromatic rings. The highest BCUT2D eigenvalue weighted by Gasteiger charge is 2.42. The van der Waals surface area contributed by atoms with Crippen molar-refractivity contribution in [3.63, 3.8) is 0 Å². The molecule has 3 heterocycles. The van der Waals surface area contributed by atoms with Crippen LogP contribution in [0.15, 0.2) is 12.1 Å². The largest absolute Gasteiger partial charge is 0.487 e. The van der Waals surface area contributed by atoms with Gasteiger partial charge in [-0.15, -0.1) is 5.10 Å². The highest BCUT2D eigenvalue weighted by Crippen LogP contribution is 2.43. The van der Waals surface area contributed by atoms with Crippen LogP contribution in [-0.4, -0.2) is 56.2 Å². The molecular weight excluding hydrogens is 516 g/mol. The third-order valence-electron chi connectivity index (χ3n) is 8.35. The number of carbonyl (C=O) groups excluding carboxylic acids is 2. The number of rotatable bonds is 7. The normalized spacial score (nSPS) is 25.4. The van der Waals surface area contributed by atoms with Crippen molar-refractivity contribution < 1.29 is 23.1 Å². The summed E-state index contributed by atoms with van der Waals surface area (Å²) in [6.07, 6.45) is 1.20. The molecular formula is C27H34ClF2N5O3. The summed E-state index contributed by atoms with van der Waals surface area (Å²) in [4.78, 5) is 30.4. The van der Waals surface area contributed by atoms with Gasteiger partial charge in [-0.25, -0.2) is 13.5 Å². The standard InChI is InChI=1S/C27H34ClF2N5O3/c1-15-11-23(36)34(12-15)13-21-24-18(9-10-35(21)27(37)17-6-4-5-16(17)2)19(28)7-8-22(24)38-14-20-25(26(29)30)33(3)32-31-20/h7-8,15-17,21,26H,4-6,9-14H2,1-3H3/t15-,16-,17+,21+/m0/s1. The van der Waals surface area contributed by atoms with E-state index in [0.717, 1.165) is 35.1 Å². The van der Waals surface area contributed by atoms with E-state index in [9.17, 15) is 18.4 Å². The van der Waals surface area contributed by atoms with Crippen LogP contribution in [0.25, 0.3) is 0 Å². The van der Waals surface area contributed by atoms with Gasteiger partial charge in [-0.05, 0) is 48.8 Å².